The Morgan fingerprint density at radius 3 is 1.97 bits per heavy atom. The first-order valence-corrected chi connectivity index (χ1v) is 11.0. The number of carbonyl (C=O) groups is 2. The summed E-state index contributed by atoms with van der Waals surface area (Å²) < 4.78 is 16.1. The molecule has 0 N–H and O–H groups in total. The van der Waals surface area contributed by atoms with Crippen LogP contribution in [0.5, 0.6) is 17.2 Å². The zero-order valence-corrected chi connectivity index (χ0v) is 19.4. The zero-order chi connectivity index (χ0) is 24.6. The van der Waals surface area contributed by atoms with Gasteiger partial charge in [-0.05, 0) is 47.0 Å². The van der Waals surface area contributed by atoms with Gasteiger partial charge in [-0.15, -0.1) is 0 Å². The van der Waals surface area contributed by atoms with E-state index in [0.29, 0.717) is 22.8 Å². The van der Waals surface area contributed by atoms with E-state index < -0.39 is 5.97 Å². The van der Waals surface area contributed by atoms with Crippen LogP contribution in [0.3, 0.4) is 0 Å². The van der Waals surface area contributed by atoms with Gasteiger partial charge in [-0.25, -0.2) is 4.79 Å². The van der Waals surface area contributed by atoms with Gasteiger partial charge in [-0.1, -0.05) is 78.9 Å². The molecule has 174 valence electrons. The first-order valence-electron chi connectivity index (χ1n) is 11.0. The molecule has 0 aromatic heterocycles. The lowest BCUT2D eigenvalue weighted by atomic mass is 10.0. The number of hydrogen-bond donors (Lipinski definition) is 0. The molecule has 0 radical (unpaired) electrons. The van der Waals surface area contributed by atoms with E-state index >= 15 is 0 Å². The maximum atomic E-state index is 12.8. The summed E-state index contributed by atoms with van der Waals surface area (Å²) in [5, 5.41) is 0. The van der Waals surface area contributed by atoms with Gasteiger partial charge in [0.15, 0.2) is 5.78 Å². The van der Waals surface area contributed by atoms with Gasteiger partial charge in [-0.3, -0.25) is 4.79 Å². The highest BCUT2D eigenvalue weighted by Crippen LogP contribution is 2.30. The molecule has 5 nitrogen and oxygen atoms in total. The summed E-state index contributed by atoms with van der Waals surface area (Å²) in [7, 11) is 2.95. The molecule has 0 saturated carbocycles. The van der Waals surface area contributed by atoms with E-state index in [9.17, 15) is 9.59 Å². The molecule has 0 fully saturated rings. The third kappa shape index (κ3) is 5.65. The van der Waals surface area contributed by atoms with Crippen molar-refractivity contribution in [3.8, 4) is 28.4 Å². The van der Waals surface area contributed by atoms with E-state index in [1.807, 2.05) is 60.7 Å². The fourth-order valence-corrected chi connectivity index (χ4v) is 3.62. The van der Waals surface area contributed by atoms with Crippen LogP contribution in [0.1, 0.15) is 26.3 Å². The van der Waals surface area contributed by atoms with Crippen LogP contribution in [0, 0.1) is 0 Å². The minimum Gasteiger partial charge on any atom is -0.496 e. The molecule has 0 aliphatic heterocycles. The SMILES string of the molecule is COc1cccc(OC)c1C(=O)Oc1cccc(/C=C/C(=O)c2ccc(-c3ccccc3)cc2)c1. The van der Waals surface area contributed by atoms with Crippen molar-refractivity contribution in [2.24, 2.45) is 0 Å². The van der Waals surface area contributed by atoms with E-state index in [0.717, 1.165) is 16.7 Å². The molecule has 0 unspecified atom stereocenters. The molecule has 4 aromatic carbocycles. The van der Waals surface area contributed by atoms with Crippen molar-refractivity contribution in [2.75, 3.05) is 14.2 Å². The van der Waals surface area contributed by atoms with Crippen LogP contribution in [-0.4, -0.2) is 26.0 Å². The Labute approximate surface area is 204 Å². The number of carbonyl (C=O) groups excluding carboxylic acids is 2. The number of hydrogen-bond acceptors (Lipinski definition) is 5. The van der Waals surface area contributed by atoms with Crippen LogP contribution in [0.25, 0.3) is 17.2 Å². The van der Waals surface area contributed by atoms with E-state index in [-0.39, 0.29) is 11.3 Å². The zero-order valence-electron chi connectivity index (χ0n) is 19.4. The van der Waals surface area contributed by atoms with Crippen molar-refractivity contribution in [1.29, 1.82) is 0 Å². The smallest absolute Gasteiger partial charge is 0.351 e. The lowest BCUT2D eigenvalue weighted by Crippen LogP contribution is -2.12. The fourth-order valence-electron chi connectivity index (χ4n) is 3.62. The van der Waals surface area contributed by atoms with E-state index in [2.05, 4.69) is 0 Å². The van der Waals surface area contributed by atoms with E-state index in [4.69, 9.17) is 14.2 Å². The molecule has 0 heterocycles. The lowest BCUT2D eigenvalue weighted by Gasteiger charge is -2.12. The topological polar surface area (TPSA) is 61.8 Å². The molecule has 4 aromatic rings. The second kappa shape index (κ2) is 11.0. The number of ketones is 1. The summed E-state index contributed by atoms with van der Waals surface area (Å²) in [4.78, 5) is 25.5. The molecule has 0 aliphatic rings. The first kappa shape index (κ1) is 23.5. The van der Waals surface area contributed by atoms with Gasteiger partial charge in [0.05, 0.1) is 14.2 Å². The summed E-state index contributed by atoms with van der Waals surface area (Å²) in [6.07, 6.45) is 3.19. The molecule has 0 amide bonds. The van der Waals surface area contributed by atoms with Crippen LogP contribution in [0.15, 0.2) is 103 Å². The Bertz CT molecular complexity index is 1330. The highest BCUT2D eigenvalue weighted by molar-refractivity contribution is 6.07. The van der Waals surface area contributed by atoms with Crippen LogP contribution in [-0.2, 0) is 0 Å². The maximum Gasteiger partial charge on any atom is 0.351 e. The Hall–Kier alpha value is -4.64. The monoisotopic (exact) mass is 464 g/mol. The van der Waals surface area contributed by atoms with Crippen LogP contribution < -0.4 is 14.2 Å². The third-order valence-electron chi connectivity index (χ3n) is 5.40. The summed E-state index contributed by atoms with van der Waals surface area (Å²) in [6, 6.07) is 29.5. The average molecular weight is 465 g/mol. The third-order valence-corrected chi connectivity index (χ3v) is 5.40. The highest BCUT2D eigenvalue weighted by Gasteiger charge is 2.20. The molecule has 35 heavy (non-hydrogen) atoms. The summed E-state index contributed by atoms with van der Waals surface area (Å²) in [6.45, 7) is 0. The number of rotatable bonds is 8. The number of benzene rings is 4. The van der Waals surface area contributed by atoms with Gasteiger partial charge >= 0.3 is 5.97 Å². The maximum absolute atomic E-state index is 12.8. The number of ether oxygens (including phenoxy) is 3. The minimum atomic E-state index is -0.602. The molecule has 0 atom stereocenters. The first-order chi connectivity index (χ1) is 17.1. The second-order valence-corrected chi connectivity index (χ2v) is 7.64. The second-order valence-electron chi connectivity index (χ2n) is 7.64. The van der Waals surface area contributed by atoms with Crippen LogP contribution >= 0.6 is 0 Å². The molecule has 0 aliphatic carbocycles. The summed E-state index contributed by atoms with van der Waals surface area (Å²) in [5.41, 5.74) is 3.65. The van der Waals surface area contributed by atoms with Crippen LogP contribution in [0.4, 0.5) is 0 Å². The largest absolute Gasteiger partial charge is 0.496 e. The van der Waals surface area contributed by atoms with Crippen molar-refractivity contribution in [2.45, 2.75) is 0 Å². The van der Waals surface area contributed by atoms with Gasteiger partial charge in [0.2, 0.25) is 0 Å². The fraction of sp³-hybridized carbons (Fsp3) is 0.0667. The molecule has 5 heteroatoms. The van der Waals surface area contributed by atoms with E-state index in [1.54, 1.807) is 42.5 Å². The quantitative estimate of drug-likeness (QED) is 0.129. The van der Waals surface area contributed by atoms with Crippen molar-refractivity contribution < 1.29 is 23.8 Å². The number of allylic oxidation sites excluding steroid dienone is 1. The Kier molecular flexibility index (Phi) is 7.38. The van der Waals surface area contributed by atoms with Gasteiger partial charge in [0, 0.05) is 5.56 Å². The molecule has 0 spiro atoms. The average Bonchev–Trinajstić information content (AvgIpc) is 2.92. The molecule has 4 rings (SSSR count). The Balaban J connectivity index is 1.46. The molecule has 0 saturated heterocycles. The number of methoxy groups -OCH3 is 2. The summed E-state index contributed by atoms with van der Waals surface area (Å²) in [5.74, 6) is 0.328. The van der Waals surface area contributed by atoms with Crippen LogP contribution in [0.2, 0.25) is 0 Å². The standard InChI is InChI=1S/C30H24O5/c1-33-27-12-7-13-28(34-2)29(27)30(32)35-25-11-6-8-21(20-25)14-19-26(31)24-17-15-23(16-18-24)22-9-4-3-5-10-22/h3-20H,1-2H3/b19-14+. The normalized spacial score (nSPS) is 10.7. The van der Waals surface area contributed by atoms with Crippen molar-refractivity contribution in [1.82, 2.24) is 0 Å². The van der Waals surface area contributed by atoms with Gasteiger partial charge < -0.3 is 14.2 Å². The molecular weight excluding hydrogens is 440 g/mol. The highest BCUT2D eigenvalue weighted by atomic mass is 16.5. The van der Waals surface area contributed by atoms with Gasteiger partial charge in [0.25, 0.3) is 0 Å². The predicted octanol–water partition coefficient (Wildman–Crippen LogP) is 6.49. The number of esters is 1. The Morgan fingerprint density at radius 1 is 0.686 bits per heavy atom. The Morgan fingerprint density at radius 2 is 1.31 bits per heavy atom. The van der Waals surface area contributed by atoms with E-state index in [1.165, 1.54) is 20.3 Å². The van der Waals surface area contributed by atoms with Crippen molar-refractivity contribution >= 4 is 17.8 Å². The lowest BCUT2D eigenvalue weighted by molar-refractivity contribution is 0.0727. The summed E-state index contributed by atoms with van der Waals surface area (Å²) >= 11 is 0. The van der Waals surface area contributed by atoms with Gasteiger partial charge in [-0.2, -0.15) is 0 Å². The van der Waals surface area contributed by atoms with Crippen molar-refractivity contribution in [3.05, 3.63) is 120 Å². The molecule has 0 bridgehead atoms. The van der Waals surface area contributed by atoms with Crippen molar-refractivity contribution in [3.63, 3.8) is 0 Å². The van der Waals surface area contributed by atoms with Gasteiger partial charge in [0.1, 0.15) is 22.8 Å². The minimum absolute atomic E-state index is 0.120. The predicted molar refractivity (Wildman–Crippen MR) is 136 cm³/mol. The molecular formula is C30H24O5.